The third-order valence-electron chi connectivity index (χ3n) is 3.75. The molecule has 0 atom stereocenters. The zero-order valence-electron chi connectivity index (χ0n) is 12.4. The number of likely N-dealkylation sites (N-methyl/N-ethyl adjacent to an activating group) is 1. The van der Waals surface area contributed by atoms with E-state index in [4.69, 9.17) is 5.73 Å². The van der Waals surface area contributed by atoms with Crippen molar-refractivity contribution in [3.8, 4) is 0 Å². The molecule has 4 heteroatoms. The van der Waals surface area contributed by atoms with Crippen molar-refractivity contribution in [2.24, 2.45) is 5.73 Å². The lowest BCUT2D eigenvalue weighted by molar-refractivity contribution is -0.118. The highest BCUT2D eigenvalue weighted by Crippen LogP contribution is 2.16. The van der Waals surface area contributed by atoms with Gasteiger partial charge in [0.25, 0.3) is 0 Å². The van der Waals surface area contributed by atoms with Crippen molar-refractivity contribution in [2.75, 3.05) is 18.9 Å². The zero-order chi connectivity index (χ0) is 14.5. The first-order valence-electron chi connectivity index (χ1n) is 6.69. The van der Waals surface area contributed by atoms with Crippen LogP contribution < -0.4 is 11.1 Å². The monoisotopic (exact) mass is 263 g/mol. The van der Waals surface area contributed by atoms with Gasteiger partial charge >= 0.3 is 0 Å². The molecule has 0 unspecified atom stereocenters. The maximum atomic E-state index is 12.0. The normalized spacial score (nSPS) is 11.7. The van der Waals surface area contributed by atoms with E-state index >= 15 is 0 Å². The van der Waals surface area contributed by atoms with Crippen LogP contribution in [0.25, 0.3) is 0 Å². The van der Waals surface area contributed by atoms with Crippen molar-refractivity contribution in [2.45, 2.75) is 39.3 Å². The predicted octanol–water partition coefficient (Wildman–Crippen LogP) is 2.20. The number of carbonyl (C=O) groups excluding carboxylic acids is 1. The van der Waals surface area contributed by atoms with Gasteiger partial charge in [0, 0.05) is 17.8 Å². The first kappa shape index (κ1) is 15.7. The van der Waals surface area contributed by atoms with Gasteiger partial charge in [-0.3, -0.25) is 9.69 Å². The molecule has 1 aromatic rings. The van der Waals surface area contributed by atoms with E-state index in [2.05, 4.69) is 31.0 Å². The minimum Gasteiger partial charge on any atom is -0.326 e. The third kappa shape index (κ3) is 4.65. The van der Waals surface area contributed by atoms with E-state index in [1.54, 1.807) is 0 Å². The fourth-order valence-corrected chi connectivity index (χ4v) is 1.62. The van der Waals surface area contributed by atoms with Crippen molar-refractivity contribution >= 4 is 11.6 Å². The Morgan fingerprint density at radius 3 is 2.37 bits per heavy atom. The second-order valence-corrected chi connectivity index (χ2v) is 5.47. The Balaban J connectivity index is 2.55. The van der Waals surface area contributed by atoms with Gasteiger partial charge in [-0.25, -0.2) is 0 Å². The Kier molecular flexibility index (Phi) is 5.51. The molecule has 0 aliphatic carbocycles. The molecule has 0 aromatic heterocycles. The van der Waals surface area contributed by atoms with Crippen LogP contribution in [0.4, 0.5) is 5.69 Å². The summed E-state index contributed by atoms with van der Waals surface area (Å²) in [6.45, 7) is 7.30. The maximum absolute atomic E-state index is 12.0. The molecule has 19 heavy (non-hydrogen) atoms. The molecule has 1 rings (SSSR count). The van der Waals surface area contributed by atoms with Crippen LogP contribution in [0, 0.1) is 0 Å². The fraction of sp³-hybridized carbons (Fsp3) is 0.533. The highest BCUT2D eigenvalue weighted by molar-refractivity contribution is 5.92. The van der Waals surface area contributed by atoms with Crippen LogP contribution in [-0.2, 0) is 11.3 Å². The van der Waals surface area contributed by atoms with Crippen LogP contribution in [0.5, 0.6) is 0 Å². The largest absolute Gasteiger partial charge is 0.326 e. The molecular weight excluding hydrogens is 238 g/mol. The van der Waals surface area contributed by atoms with Gasteiger partial charge in [-0.05, 0) is 45.0 Å². The Morgan fingerprint density at radius 1 is 1.32 bits per heavy atom. The number of rotatable bonds is 6. The summed E-state index contributed by atoms with van der Waals surface area (Å²) < 4.78 is 0. The Bertz CT molecular complexity index is 412. The summed E-state index contributed by atoms with van der Waals surface area (Å²) in [5, 5.41) is 2.90. The van der Waals surface area contributed by atoms with Crippen molar-refractivity contribution < 1.29 is 4.79 Å². The van der Waals surface area contributed by atoms with E-state index in [0.29, 0.717) is 13.1 Å². The number of hydrogen-bond acceptors (Lipinski definition) is 3. The van der Waals surface area contributed by atoms with E-state index in [-0.39, 0.29) is 11.4 Å². The van der Waals surface area contributed by atoms with Gasteiger partial charge in [0.15, 0.2) is 0 Å². The second kappa shape index (κ2) is 6.68. The summed E-state index contributed by atoms with van der Waals surface area (Å²) in [4.78, 5) is 14.0. The Hall–Kier alpha value is -1.39. The zero-order valence-corrected chi connectivity index (χ0v) is 12.4. The Labute approximate surface area is 116 Å². The molecule has 0 bridgehead atoms. The molecule has 0 heterocycles. The smallest absolute Gasteiger partial charge is 0.238 e. The molecule has 1 aromatic carbocycles. The van der Waals surface area contributed by atoms with Crippen LogP contribution in [0.2, 0.25) is 0 Å². The highest BCUT2D eigenvalue weighted by Gasteiger charge is 2.22. The van der Waals surface area contributed by atoms with Crippen molar-refractivity contribution in [1.82, 2.24) is 4.90 Å². The van der Waals surface area contributed by atoms with Gasteiger partial charge < -0.3 is 11.1 Å². The van der Waals surface area contributed by atoms with Crippen molar-refractivity contribution in [3.05, 3.63) is 29.8 Å². The van der Waals surface area contributed by atoms with Crippen LogP contribution in [-0.4, -0.2) is 29.9 Å². The lowest BCUT2D eigenvalue weighted by Gasteiger charge is -2.34. The van der Waals surface area contributed by atoms with Crippen LogP contribution in [0.15, 0.2) is 24.3 Å². The van der Waals surface area contributed by atoms with Crippen LogP contribution in [0.3, 0.4) is 0 Å². The number of amides is 1. The lowest BCUT2D eigenvalue weighted by atomic mass is 10.00. The first-order valence-corrected chi connectivity index (χ1v) is 6.69. The van der Waals surface area contributed by atoms with Crippen LogP contribution >= 0.6 is 0 Å². The van der Waals surface area contributed by atoms with Crippen LogP contribution in [0.1, 0.15) is 32.8 Å². The molecule has 0 radical (unpaired) electrons. The van der Waals surface area contributed by atoms with Gasteiger partial charge in [0.1, 0.15) is 0 Å². The van der Waals surface area contributed by atoms with Gasteiger partial charge in [-0.1, -0.05) is 19.1 Å². The lowest BCUT2D eigenvalue weighted by Crippen LogP contribution is -2.44. The van der Waals surface area contributed by atoms with Gasteiger partial charge in [0.2, 0.25) is 5.91 Å². The van der Waals surface area contributed by atoms with Gasteiger partial charge in [0.05, 0.1) is 6.54 Å². The number of nitrogens with one attached hydrogen (secondary N) is 1. The predicted molar refractivity (Wildman–Crippen MR) is 80.0 cm³/mol. The van der Waals surface area contributed by atoms with E-state index in [1.165, 1.54) is 0 Å². The first-order chi connectivity index (χ1) is 8.89. The summed E-state index contributed by atoms with van der Waals surface area (Å²) in [6, 6.07) is 7.61. The van der Waals surface area contributed by atoms with Gasteiger partial charge in [-0.15, -0.1) is 0 Å². The molecule has 0 fully saturated rings. The summed E-state index contributed by atoms with van der Waals surface area (Å²) in [7, 11) is 1.97. The third-order valence-corrected chi connectivity index (χ3v) is 3.75. The number of nitrogens with zero attached hydrogens (tertiary/aromatic N) is 1. The van der Waals surface area contributed by atoms with Crippen molar-refractivity contribution in [1.29, 1.82) is 0 Å². The van der Waals surface area contributed by atoms with E-state index < -0.39 is 0 Å². The second-order valence-electron chi connectivity index (χ2n) is 5.47. The summed E-state index contributed by atoms with van der Waals surface area (Å²) in [5.74, 6) is 0.00419. The molecule has 0 aliphatic rings. The molecule has 3 N–H and O–H groups in total. The minimum absolute atomic E-state index is 0.00419. The molecule has 0 aliphatic heterocycles. The highest BCUT2D eigenvalue weighted by atomic mass is 16.2. The van der Waals surface area contributed by atoms with E-state index in [0.717, 1.165) is 17.7 Å². The fourth-order valence-electron chi connectivity index (χ4n) is 1.62. The van der Waals surface area contributed by atoms with E-state index in [9.17, 15) is 4.79 Å². The standard InChI is InChI=1S/C15H25N3O/c1-5-15(2,3)18(4)11-14(19)17-13-8-6-12(10-16)7-9-13/h6-9H,5,10-11,16H2,1-4H3,(H,17,19). The minimum atomic E-state index is 0.00419. The SMILES string of the molecule is CCC(C)(C)N(C)CC(=O)Nc1ccc(CN)cc1. The molecule has 0 saturated carbocycles. The molecule has 1 amide bonds. The number of nitrogens with two attached hydrogens (primary N) is 1. The quantitative estimate of drug-likeness (QED) is 0.827. The number of carbonyl (C=O) groups is 1. The maximum Gasteiger partial charge on any atom is 0.238 e. The van der Waals surface area contributed by atoms with Crippen molar-refractivity contribution in [3.63, 3.8) is 0 Å². The van der Waals surface area contributed by atoms with E-state index in [1.807, 2.05) is 31.3 Å². The average Bonchev–Trinajstić information content (AvgIpc) is 2.39. The number of hydrogen-bond donors (Lipinski definition) is 2. The molecule has 0 saturated heterocycles. The topological polar surface area (TPSA) is 58.4 Å². The van der Waals surface area contributed by atoms with Gasteiger partial charge in [-0.2, -0.15) is 0 Å². The average molecular weight is 263 g/mol. The molecular formula is C15H25N3O. The Morgan fingerprint density at radius 2 is 1.89 bits per heavy atom. The number of benzene rings is 1. The summed E-state index contributed by atoms with van der Waals surface area (Å²) >= 11 is 0. The molecule has 106 valence electrons. The molecule has 0 spiro atoms. The molecule has 4 nitrogen and oxygen atoms in total. The summed E-state index contributed by atoms with van der Waals surface area (Å²) in [5.41, 5.74) is 7.43. The summed E-state index contributed by atoms with van der Waals surface area (Å²) in [6.07, 6.45) is 1.00. The number of anilines is 1.